The van der Waals surface area contributed by atoms with E-state index in [4.69, 9.17) is 5.73 Å². The fourth-order valence-electron chi connectivity index (χ4n) is 3.83. The Hall–Kier alpha value is -2.93. The number of piperidine rings is 1. The molecule has 1 unspecified atom stereocenters. The lowest BCUT2D eigenvalue weighted by Gasteiger charge is -2.30. The first-order valence-electron chi connectivity index (χ1n) is 8.62. The van der Waals surface area contributed by atoms with Crippen LogP contribution in [0.1, 0.15) is 30.5 Å². The van der Waals surface area contributed by atoms with Crippen molar-refractivity contribution >= 4 is 28.1 Å². The number of benzene rings is 1. The first kappa shape index (κ1) is 14.4. The first-order chi connectivity index (χ1) is 12.3. The Morgan fingerprint density at radius 3 is 2.88 bits per heavy atom. The van der Waals surface area contributed by atoms with Crippen LogP contribution >= 0.6 is 0 Å². The summed E-state index contributed by atoms with van der Waals surface area (Å²) in [6, 6.07) is 12.7. The van der Waals surface area contributed by atoms with Crippen molar-refractivity contribution in [3.63, 3.8) is 0 Å². The third-order valence-corrected chi connectivity index (χ3v) is 5.05. The number of anilines is 1. The lowest BCUT2D eigenvalue weighted by atomic mass is 9.93. The average molecular weight is 333 g/mol. The summed E-state index contributed by atoms with van der Waals surface area (Å²) in [4.78, 5) is 0. The molecule has 0 bridgehead atoms. The van der Waals surface area contributed by atoms with E-state index in [1.807, 2.05) is 12.1 Å². The molecule has 1 atom stereocenters. The highest BCUT2D eigenvalue weighted by molar-refractivity contribution is 5.96. The van der Waals surface area contributed by atoms with Crippen molar-refractivity contribution in [3.05, 3.63) is 47.7 Å². The van der Waals surface area contributed by atoms with Gasteiger partial charge in [-0.25, -0.2) is 5.01 Å². The molecule has 2 aromatic heterocycles. The second-order valence-corrected chi connectivity index (χ2v) is 6.58. The fraction of sp³-hybridized carbons (Fsp3) is 0.278. The summed E-state index contributed by atoms with van der Waals surface area (Å²) in [6.45, 7) is 1.04. The summed E-state index contributed by atoms with van der Waals surface area (Å²) in [6.07, 6.45) is 3.54. The van der Waals surface area contributed by atoms with E-state index in [0.717, 1.165) is 35.3 Å². The van der Waals surface area contributed by atoms with Gasteiger partial charge >= 0.3 is 0 Å². The van der Waals surface area contributed by atoms with E-state index in [0.29, 0.717) is 17.5 Å². The number of nitrogens with one attached hydrogen (secondary N) is 2. The molecule has 1 fully saturated rings. The Morgan fingerprint density at radius 1 is 1.12 bits per heavy atom. The van der Waals surface area contributed by atoms with E-state index >= 15 is 0 Å². The average Bonchev–Trinajstić information content (AvgIpc) is 3.23. The van der Waals surface area contributed by atoms with Crippen LogP contribution in [-0.4, -0.2) is 38.0 Å². The minimum absolute atomic E-state index is 0.309. The zero-order valence-electron chi connectivity index (χ0n) is 13.7. The number of hydrazine groups is 1. The zero-order chi connectivity index (χ0) is 16.8. The summed E-state index contributed by atoms with van der Waals surface area (Å²) in [7, 11) is 0. The van der Waals surface area contributed by atoms with E-state index in [2.05, 4.69) is 55.1 Å². The molecule has 5 rings (SSSR count). The molecule has 1 aromatic carbocycles. The number of nitrogens with two attached hydrogens (primary N) is 1. The number of rotatable bonds is 2. The molecule has 2 aliphatic rings. The highest BCUT2D eigenvalue weighted by Gasteiger charge is 2.36. The van der Waals surface area contributed by atoms with Crippen LogP contribution in [0.15, 0.2) is 36.4 Å². The van der Waals surface area contributed by atoms with E-state index in [1.165, 1.54) is 18.4 Å². The summed E-state index contributed by atoms with van der Waals surface area (Å²) in [5, 5.41) is 18.7. The summed E-state index contributed by atoms with van der Waals surface area (Å²) < 4.78 is 0. The molecule has 4 N–H and O–H groups in total. The minimum Gasteiger partial charge on any atom is -0.384 e. The van der Waals surface area contributed by atoms with Crippen molar-refractivity contribution in [1.82, 2.24) is 30.8 Å². The van der Waals surface area contributed by atoms with Gasteiger partial charge in [0.25, 0.3) is 0 Å². The van der Waals surface area contributed by atoms with Gasteiger partial charge in [0.15, 0.2) is 0 Å². The Labute approximate surface area is 144 Å². The molecule has 0 saturated carbocycles. The standard InChI is InChI=1S/C18H19N7/c19-17-12-10-13(20-22-18(12)23-21-17)15-14-8-4-5-9-25(14)24-16(15)11-6-2-1-3-7-11/h1-3,6-7,10,14,24H,4-5,8-9H2,(H3,19,21,22,23). The maximum atomic E-state index is 5.99. The Kier molecular flexibility index (Phi) is 3.21. The Bertz CT molecular complexity index is 960. The van der Waals surface area contributed by atoms with Crippen LogP contribution in [0.2, 0.25) is 0 Å². The van der Waals surface area contributed by atoms with Crippen LogP contribution in [0.4, 0.5) is 5.82 Å². The van der Waals surface area contributed by atoms with Gasteiger partial charge in [-0.05, 0) is 24.5 Å². The number of hydrogen-bond acceptors (Lipinski definition) is 6. The maximum absolute atomic E-state index is 5.99. The number of nitrogen functional groups attached to an aromatic ring is 1. The monoisotopic (exact) mass is 333 g/mol. The summed E-state index contributed by atoms with van der Waals surface area (Å²) >= 11 is 0. The number of nitrogens with zero attached hydrogens (tertiary/aromatic N) is 4. The van der Waals surface area contributed by atoms with Gasteiger partial charge in [-0.3, -0.25) is 5.10 Å². The van der Waals surface area contributed by atoms with Crippen molar-refractivity contribution in [3.8, 4) is 0 Å². The quantitative estimate of drug-likeness (QED) is 0.665. The van der Waals surface area contributed by atoms with Crippen molar-refractivity contribution in [2.45, 2.75) is 25.3 Å². The summed E-state index contributed by atoms with van der Waals surface area (Å²) in [5.41, 5.74) is 14.5. The molecule has 1 saturated heterocycles. The van der Waals surface area contributed by atoms with Gasteiger partial charge in [-0.15, -0.1) is 10.2 Å². The van der Waals surface area contributed by atoms with Crippen LogP contribution in [0.3, 0.4) is 0 Å². The van der Waals surface area contributed by atoms with Gasteiger partial charge in [0.05, 0.1) is 22.8 Å². The number of hydrogen-bond donors (Lipinski definition) is 3. The number of aromatic amines is 1. The van der Waals surface area contributed by atoms with Crippen LogP contribution in [0, 0.1) is 0 Å². The second-order valence-electron chi connectivity index (χ2n) is 6.58. The molecule has 0 amide bonds. The minimum atomic E-state index is 0.309. The second kappa shape index (κ2) is 5.56. The van der Waals surface area contributed by atoms with Crippen LogP contribution in [-0.2, 0) is 0 Å². The predicted octanol–water partition coefficient (Wildman–Crippen LogP) is 2.18. The Balaban J connectivity index is 1.70. The smallest absolute Gasteiger partial charge is 0.204 e. The van der Waals surface area contributed by atoms with Gasteiger partial charge in [0.2, 0.25) is 5.65 Å². The molecule has 4 heterocycles. The molecule has 0 radical (unpaired) electrons. The van der Waals surface area contributed by atoms with Gasteiger partial charge in [-0.2, -0.15) is 5.10 Å². The molecule has 0 aliphatic carbocycles. The van der Waals surface area contributed by atoms with Crippen molar-refractivity contribution < 1.29 is 0 Å². The van der Waals surface area contributed by atoms with Crippen molar-refractivity contribution in [2.75, 3.05) is 12.3 Å². The van der Waals surface area contributed by atoms with Crippen molar-refractivity contribution in [2.24, 2.45) is 0 Å². The van der Waals surface area contributed by atoms with Crippen molar-refractivity contribution in [1.29, 1.82) is 0 Å². The fourth-order valence-corrected chi connectivity index (χ4v) is 3.83. The molecule has 126 valence electrons. The normalized spacial score (nSPS) is 20.7. The Morgan fingerprint density at radius 2 is 2.00 bits per heavy atom. The van der Waals surface area contributed by atoms with E-state index in [-0.39, 0.29) is 0 Å². The van der Waals surface area contributed by atoms with Gasteiger partial charge < -0.3 is 11.2 Å². The van der Waals surface area contributed by atoms with Crippen LogP contribution < -0.4 is 11.2 Å². The molecule has 0 spiro atoms. The number of H-pyrrole nitrogens is 1. The summed E-state index contributed by atoms with van der Waals surface area (Å²) in [5.74, 6) is 0.527. The third kappa shape index (κ3) is 2.27. The van der Waals surface area contributed by atoms with Crippen LogP contribution in [0.5, 0.6) is 0 Å². The molecular formula is C18H19N7. The van der Waals surface area contributed by atoms with E-state index < -0.39 is 0 Å². The molecule has 25 heavy (non-hydrogen) atoms. The molecule has 7 nitrogen and oxygen atoms in total. The molecule has 3 aromatic rings. The third-order valence-electron chi connectivity index (χ3n) is 5.05. The molecule has 2 aliphatic heterocycles. The van der Waals surface area contributed by atoms with E-state index in [9.17, 15) is 0 Å². The first-order valence-corrected chi connectivity index (χ1v) is 8.62. The molecule has 7 heteroatoms. The molecular weight excluding hydrogens is 314 g/mol. The lowest BCUT2D eigenvalue weighted by Crippen LogP contribution is -2.42. The maximum Gasteiger partial charge on any atom is 0.204 e. The zero-order valence-corrected chi connectivity index (χ0v) is 13.7. The van der Waals surface area contributed by atoms with Gasteiger partial charge in [-0.1, -0.05) is 36.8 Å². The van der Waals surface area contributed by atoms with Gasteiger partial charge in [0.1, 0.15) is 5.82 Å². The van der Waals surface area contributed by atoms with Crippen LogP contribution in [0.25, 0.3) is 22.3 Å². The SMILES string of the molecule is Nc1[nH]nc2nnc(C3=C(c4ccccc4)NN4CCCCC34)cc12. The van der Waals surface area contributed by atoms with E-state index in [1.54, 1.807) is 0 Å². The number of aromatic nitrogens is 4. The largest absolute Gasteiger partial charge is 0.384 e. The topological polar surface area (TPSA) is 95.8 Å². The highest BCUT2D eigenvalue weighted by atomic mass is 15.5. The van der Waals surface area contributed by atoms with Gasteiger partial charge in [0, 0.05) is 12.1 Å². The highest BCUT2D eigenvalue weighted by Crippen LogP contribution is 2.38. The number of fused-ring (bicyclic) bond motifs is 2. The predicted molar refractivity (Wildman–Crippen MR) is 96.8 cm³/mol. The lowest BCUT2D eigenvalue weighted by molar-refractivity contribution is 0.163.